The highest BCUT2D eigenvalue weighted by molar-refractivity contribution is 14.1. The van der Waals surface area contributed by atoms with E-state index in [2.05, 4.69) is 27.6 Å². The van der Waals surface area contributed by atoms with Gasteiger partial charge in [-0.2, -0.15) is 0 Å². The highest BCUT2D eigenvalue weighted by atomic mass is 127. The van der Waals surface area contributed by atoms with Crippen LogP contribution < -0.4 is 0 Å². The third-order valence-electron chi connectivity index (χ3n) is 2.26. The van der Waals surface area contributed by atoms with Crippen LogP contribution in [0.5, 0.6) is 0 Å². The van der Waals surface area contributed by atoms with Gasteiger partial charge in [-0.05, 0) is 40.3 Å². The Morgan fingerprint density at radius 1 is 1.19 bits per heavy atom. The summed E-state index contributed by atoms with van der Waals surface area (Å²) in [5.74, 6) is 0.137. The van der Waals surface area contributed by atoms with Gasteiger partial charge >= 0.3 is 0 Å². The summed E-state index contributed by atoms with van der Waals surface area (Å²) in [6, 6.07) is 11.4. The van der Waals surface area contributed by atoms with Gasteiger partial charge in [0.25, 0.3) is 0 Å². The van der Waals surface area contributed by atoms with E-state index in [0.717, 1.165) is 14.7 Å². The number of carbonyl (C=O) groups is 1. The summed E-state index contributed by atoms with van der Waals surface area (Å²) < 4.78 is 0.994. The van der Waals surface area contributed by atoms with Gasteiger partial charge in [0.1, 0.15) is 0 Å². The number of halogens is 1. The minimum atomic E-state index is 0.137. The molecule has 2 nitrogen and oxygen atoms in total. The van der Waals surface area contributed by atoms with E-state index in [1.54, 1.807) is 12.4 Å². The number of ketones is 1. The molecule has 0 bridgehead atoms. The normalized spacial score (nSPS) is 10.1. The minimum Gasteiger partial charge on any atom is -0.294 e. The lowest BCUT2D eigenvalue weighted by Crippen LogP contribution is -2.05. The summed E-state index contributed by atoms with van der Waals surface area (Å²) in [5, 5.41) is 0. The van der Waals surface area contributed by atoms with Crippen LogP contribution in [-0.2, 0) is 6.42 Å². The molecular weight excluding hydrogens is 313 g/mol. The number of pyridine rings is 1. The molecule has 0 N–H and O–H groups in total. The predicted molar refractivity (Wildman–Crippen MR) is 71.4 cm³/mol. The molecule has 0 aliphatic rings. The van der Waals surface area contributed by atoms with E-state index >= 15 is 0 Å². The molecule has 0 fully saturated rings. The van der Waals surface area contributed by atoms with E-state index in [0.29, 0.717) is 6.42 Å². The van der Waals surface area contributed by atoms with Gasteiger partial charge < -0.3 is 0 Å². The zero-order valence-electron chi connectivity index (χ0n) is 8.56. The maximum Gasteiger partial charge on any atom is 0.168 e. The molecule has 80 valence electrons. The van der Waals surface area contributed by atoms with Gasteiger partial charge in [0.05, 0.1) is 0 Å². The van der Waals surface area contributed by atoms with Crippen LogP contribution in [0.25, 0.3) is 0 Å². The lowest BCUT2D eigenvalue weighted by molar-refractivity contribution is 0.0992. The van der Waals surface area contributed by atoms with Crippen molar-refractivity contribution in [2.45, 2.75) is 6.42 Å². The van der Waals surface area contributed by atoms with Crippen molar-refractivity contribution < 1.29 is 4.79 Å². The lowest BCUT2D eigenvalue weighted by Gasteiger charge is -2.03. The molecule has 0 aliphatic carbocycles. The van der Waals surface area contributed by atoms with Crippen molar-refractivity contribution in [1.29, 1.82) is 0 Å². The molecule has 1 aromatic heterocycles. The van der Waals surface area contributed by atoms with Crippen LogP contribution in [0.1, 0.15) is 15.9 Å². The van der Waals surface area contributed by atoms with Crippen molar-refractivity contribution in [1.82, 2.24) is 4.98 Å². The van der Waals surface area contributed by atoms with Crippen molar-refractivity contribution in [2.24, 2.45) is 0 Å². The number of rotatable bonds is 3. The molecule has 0 spiro atoms. The highest BCUT2D eigenvalue weighted by Crippen LogP contribution is 2.14. The summed E-state index contributed by atoms with van der Waals surface area (Å²) >= 11 is 2.18. The topological polar surface area (TPSA) is 30.0 Å². The first-order valence-electron chi connectivity index (χ1n) is 4.94. The Balaban J connectivity index is 2.19. The van der Waals surface area contributed by atoms with Crippen molar-refractivity contribution >= 4 is 28.4 Å². The van der Waals surface area contributed by atoms with Crippen molar-refractivity contribution in [3.63, 3.8) is 0 Å². The first kappa shape index (κ1) is 11.3. The third kappa shape index (κ3) is 2.66. The van der Waals surface area contributed by atoms with Gasteiger partial charge in [-0.25, -0.2) is 0 Å². The number of aromatic nitrogens is 1. The summed E-state index contributed by atoms with van der Waals surface area (Å²) in [7, 11) is 0. The number of benzene rings is 1. The Kier molecular flexibility index (Phi) is 3.66. The second-order valence-electron chi connectivity index (χ2n) is 3.44. The van der Waals surface area contributed by atoms with Crippen molar-refractivity contribution in [2.75, 3.05) is 0 Å². The largest absolute Gasteiger partial charge is 0.294 e. The fraction of sp³-hybridized carbons (Fsp3) is 0.0769. The van der Waals surface area contributed by atoms with Gasteiger partial charge in [-0.3, -0.25) is 9.78 Å². The Morgan fingerprint density at radius 3 is 2.69 bits per heavy atom. The Bertz CT molecular complexity index is 496. The van der Waals surface area contributed by atoms with Crippen LogP contribution in [0, 0.1) is 3.57 Å². The molecule has 16 heavy (non-hydrogen) atoms. The Hall–Kier alpha value is -1.23. The van der Waals surface area contributed by atoms with E-state index < -0.39 is 0 Å². The summed E-state index contributed by atoms with van der Waals surface area (Å²) in [5.41, 5.74) is 1.74. The molecule has 1 aromatic carbocycles. The number of carbonyl (C=O) groups excluding carboxylic acids is 1. The van der Waals surface area contributed by atoms with Crippen LogP contribution in [0.3, 0.4) is 0 Å². The third-order valence-corrected chi connectivity index (χ3v) is 3.20. The van der Waals surface area contributed by atoms with Crippen molar-refractivity contribution in [3.05, 3.63) is 63.5 Å². The first-order valence-corrected chi connectivity index (χ1v) is 6.02. The fourth-order valence-electron chi connectivity index (χ4n) is 1.47. The van der Waals surface area contributed by atoms with E-state index in [1.807, 2.05) is 36.4 Å². The summed E-state index contributed by atoms with van der Waals surface area (Å²) in [4.78, 5) is 16.0. The Morgan fingerprint density at radius 2 is 2.00 bits per heavy atom. The molecule has 0 amide bonds. The maximum absolute atomic E-state index is 12.0. The van der Waals surface area contributed by atoms with E-state index in [9.17, 15) is 4.79 Å². The molecule has 2 aromatic rings. The van der Waals surface area contributed by atoms with Crippen LogP contribution in [0.4, 0.5) is 0 Å². The average molecular weight is 323 g/mol. The molecule has 0 radical (unpaired) electrons. The molecule has 0 unspecified atom stereocenters. The number of hydrogen-bond donors (Lipinski definition) is 0. The second-order valence-corrected chi connectivity index (χ2v) is 4.60. The number of nitrogens with zero attached hydrogens (tertiary/aromatic N) is 1. The lowest BCUT2D eigenvalue weighted by atomic mass is 10.0. The van der Waals surface area contributed by atoms with Crippen LogP contribution in [0.15, 0.2) is 48.8 Å². The van der Waals surface area contributed by atoms with Gasteiger partial charge in [-0.1, -0.05) is 24.3 Å². The zero-order valence-corrected chi connectivity index (χ0v) is 10.7. The molecule has 2 rings (SSSR count). The molecule has 0 saturated heterocycles. The number of hydrogen-bond acceptors (Lipinski definition) is 2. The summed E-state index contributed by atoms with van der Waals surface area (Å²) in [6.45, 7) is 0. The number of Topliss-reactive ketones (excluding diaryl/α,β-unsaturated/α-hetero) is 1. The molecule has 1 heterocycles. The molecule has 0 saturated carbocycles. The van der Waals surface area contributed by atoms with Crippen LogP contribution in [-0.4, -0.2) is 10.8 Å². The SMILES string of the molecule is O=C(Cc1cccnc1)c1ccccc1I. The monoisotopic (exact) mass is 323 g/mol. The van der Waals surface area contributed by atoms with Gasteiger partial charge in [0.2, 0.25) is 0 Å². The van der Waals surface area contributed by atoms with Crippen LogP contribution in [0.2, 0.25) is 0 Å². The van der Waals surface area contributed by atoms with Crippen molar-refractivity contribution in [3.8, 4) is 0 Å². The predicted octanol–water partition coefficient (Wildman–Crippen LogP) is 3.11. The smallest absolute Gasteiger partial charge is 0.168 e. The molecule has 0 atom stereocenters. The first-order chi connectivity index (χ1) is 7.77. The van der Waals surface area contributed by atoms with Gasteiger partial charge in [0, 0.05) is 27.9 Å². The van der Waals surface area contributed by atoms with E-state index in [1.165, 1.54) is 0 Å². The molecule has 3 heteroatoms. The highest BCUT2D eigenvalue weighted by Gasteiger charge is 2.09. The molecular formula is C13H10INO. The fourth-order valence-corrected chi connectivity index (χ4v) is 2.16. The van der Waals surface area contributed by atoms with E-state index in [-0.39, 0.29) is 5.78 Å². The quantitative estimate of drug-likeness (QED) is 0.642. The summed E-state index contributed by atoms with van der Waals surface area (Å²) in [6.07, 6.45) is 3.85. The molecule has 0 aliphatic heterocycles. The zero-order chi connectivity index (χ0) is 11.4. The average Bonchev–Trinajstić information content (AvgIpc) is 2.31. The van der Waals surface area contributed by atoms with Crippen LogP contribution >= 0.6 is 22.6 Å². The van der Waals surface area contributed by atoms with Gasteiger partial charge in [-0.15, -0.1) is 0 Å². The minimum absolute atomic E-state index is 0.137. The Labute approximate surface area is 108 Å². The van der Waals surface area contributed by atoms with Gasteiger partial charge in [0.15, 0.2) is 5.78 Å². The second kappa shape index (κ2) is 5.21. The maximum atomic E-state index is 12.0. The standard InChI is InChI=1S/C13H10INO/c14-12-6-2-1-5-11(12)13(16)8-10-4-3-7-15-9-10/h1-7,9H,8H2. The van der Waals surface area contributed by atoms with E-state index in [4.69, 9.17) is 0 Å².